The Kier molecular flexibility index (Phi) is 3.39. The molecule has 0 atom stereocenters. The smallest absolute Gasteiger partial charge is 0.259 e. The van der Waals surface area contributed by atoms with E-state index in [0.717, 1.165) is 11.4 Å². The molecule has 0 saturated heterocycles. The van der Waals surface area contributed by atoms with Crippen molar-refractivity contribution in [2.75, 3.05) is 5.32 Å². The number of nitrogens with one attached hydrogen (secondary N) is 1. The fourth-order valence-corrected chi connectivity index (χ4v) is 1.96. The van der Waals surface area contributed by atoms with Gasteiger partial charge in [0.2, 0.25) is 0 Å². The van der Waals surface area contributed by atoms with E-state index in [1.165, 1.54) is 0 Å². The maximum atomic E-state index is 12.2. The Morgan fingerprint density at radius 3 is 2.39 bits per heavy atom. The second-order valence-corrected chi connectivity index (χ2v) is 4.57. The van der Waals surface area contributed by atoms with Gasteiger partial charge in [0.25, 0.3) is 5.91 Å². The highest BCUT2D eigenvalue weighted by atomic mass is 35.5. The molecular formula is C13H14ClN3O. The highest BCUT2D eigenvalue weighted by Crippen LogP contribution is 2.17. The number of hydrogen-bond donors (Lipinski definition) is 1. The van der Waals surface area contributed by atoms with Gasteiger partial charge in [-0.25, -0.2) is 0 Å². The Labute approximate surface area is 111 Å². The van der Waals surface area contributed by atoms with E-state index in [1.807, 2.05) is 20.9 Å². The lowest BCUT2D eigenvalue weighted by Crippen LogP contribution is -2.13. The Morgan fingerprint density at radius 2 is 1.89 bits per heavy atom. The third-order valence-electron chi connectivity index (χ3n) is 2.84. The molecule has 18 heavy (non-hydrogen) atoms. The van der Waals surface area contributed by atoms with Crippen molar-refractivity contribution < 1.29 is 4.79 Å². The number of rotatable bonds is 2. The number of aromatic nitrogens is 2. The van der Waals surface area contributed by atoms with Crippen LogP contribution in [0.4, 0.5) is 5.69 Å². The molecule has 2 rings (SSSR count). The molecule has 4 nitrogen and oxygen atoms in total. The fourth-order valence-electron chi connectivity index (χ4n) is 1.83. The number of aryl methyl sites for hydroxylation is 2. The van der Waals surface area contributed by atoms with Crippen LogP contribution in [0.2, 0.25) is 5.02 Å². The van der Waals surface area contributed by atoms with Crippen LogP contribution in [0, 0.1) is 13.8 Å². The van der Waals surface area contributed by atoms with Gasteiger partial charge in [-0.15, -0.1) is 0 Å². The molecule has 0 aliphatic carbocycles. The van der Waals surface area contributed by atoms with Gasteiger partial charge in [-0.1, -0.05) is 11.6 Å². The summed E-state index contributed by atoms with van der Waals surface area (Å²) >= 11 is 5.79. The third kappa shape index (κ3) is 2.38. The zero-order chi connectivity index (χ0) is 13.3. The first-order chi connectivity index (χ1) is 8.49. The van der Waals surface area contributed by atoms with Crippen LogP contribution < -0.4 is 5.32 Å². The zero-order valence-electron chi connectivity index (χ0n) is 10.5. The van der Waals surface area contributed by atoms with Crippen molar-refractivity contribution in [3.63, 3.8) is 0 Å². The van der Waals surface area contributed by atoms with Crippen LogP contribution in [-0.2, 0) is 7.05 Å². The molecule has 0 aliphatic heterocycles. The minimum atomic E-state index is -0.152. The van der Waals surface area contributed by atoms with Crippen LogP contribution in [0.1, 0.15) is 21.7 Å². The minimum absolute atomic E-state index is 0.152. The first-order valence-electron chi connectivity index (χ1n) is 5.56. The van der Waals surface area contributed by atoms with Crippen LogP contribution in [0.3, 0.4) is 0 Å². The molecule has 0 bridgehead atoms. The second kappa shape index (κ2) is 4.82. The van der Waals surface area contributed by atoms with Crippen molar-refractivity contribution in [1.82, 2.24) is 9.78 Å². The zero-order valence-corrected chi connectivity index (χ0v) is 11.2. The monoisotopic (exact) mass is 263 g/mol. The fraction of sp³-hybridized carbons (Fsp3) is 0.231. The van der Waals surface area contributed by atoms with Crippen LogP contribution in [-0.4, -0.2) is 15.7 Å². The standard InChI is InChI=1S/C13H14ClN3O/c1-8-12(9(2)17(3)16-8)13(18)15-11-6-4-10(14)5-7-11/h4-7H,1-3H3,(H,15,18). The first-order valence-corrected chi connectivity index (χ1v) is 5.94. The molecule has 5 heteroatoms. The molecule has 0 fully saturated rings. The van der Waals surface area contributed by atoms with Gasteiger partial charge < -0.3 is 5.32 Å². The van der Waals surface area contributed by atoms with Gasteiger partial charge in [0.1, 0.15) is 0 Å². The maximum Gasteiger partial charge on any atom is 0.259 e. The van der Waals surface area contributed by atoms with Crippen molar-refractivity contribution in [1.29, 1.82) is 0 Å². The Balaban J connectivity index is 2.24. The van der Waals surface area contributed by atoms with Crippen LogP contribution in [0.5, 0.6) is 0 Å². The molecular weight excluding hydrogens is 250 g/mol. The number of hydrogen-bond acceptors (Lipinski definition) is 2. The maximum absolute atomic E-state index is 12.2. The number of amides is 1. The lowest BCUT2D eigenvalue weighted by atomic mass is 10.2. The molecule has 0 aliphatic rings. The Morgan fingerprint density at radius 1 is 1.28 bits per heavy atom. The predicted octanol–water partition coefficient (Wildman–Crippen LogP) is 2.94. The van der Waals surface area contributed by atoms with Crippen LogP contribution in [0.25, 0.3) is 0 Å². The molecule has 94 valence electrons. The molecule has 0 unspecified atom stereocenters. The number of anilines is 1. The average molecular weight is 264 g/mol. The Hall–Kier alpha value is -1.81. The number of benzene rings is 1. The summed E-state index contributed by atoms with van der Waals surface area (Å²) in [4.78, 5) is 12.2. The predicted molar refractivity (Wildman–Crippen MR) is 72.1 cm³/mol. The normalized spacial score (nSPS) is 10.4. The SMILES string of the molecule is Cc1nn(C)c(C)c1C(=O)Nc1ccc(Cl)cc1. The topological polar surface area (TPSA) is 46.9 Å². The second-order valence-electron chi connectivity index (χ2n) is 4.13. The number of nitrogens with zero attached hydrogens (tertiary/aromatic N) is 2. The van der Waals surface area contributed by atoms with Gasteiger partial charge in [-0.2, -0.15) is 5.10 Å². The molecule has 1 N–H and O–H groups in total. The molecule has 0 saturated carbocycles. The summed E-state index contributed by atoms with van der Waals surface area (Å²) in [5.74, 6) is -0.152. The van der Waals surface area contributed by atoms with E-state index >= 15 is 0 Å². The van der Waals surface area contributed by atoms with Gasteiger partial charge in [0.15, 0.2) is 0 Å². The van der Waals surface area contributed by atoms with Crippen molar-refractivity contribution in [2.45, 2.75) is 13.8 Å². The van der Waals surface area contributed by atoms with E-state index in [0.29, 0.717) is 16.3 Å². The highest BCUT2D eigenvalue weighted by molar-refractivity contribution is 6.30. The average Bonchev–Trinajstić information content (AvgIpc) is 2.56. The van der Waals surface area contributed by atoms with Crippen LogP contribution in [0.15, 0.2) is 24.3 Å². The molecule has 1 heterocycles. The summed E-state index contributed by atoms with van der Waals surface area (Å²) in [6.07, 6.45) is 0. The quantitative estimate of drug-likeness (QED) is 0.906. The van der Waals surface area contributed by atoms with Gasteiger partial charge in [-0.05, 0) is 38.1 Å². The van der Waals surface area contributed by atoms with Crippen LogP contribution >= 0.6 is 11.6 Å². The van der Waals surface area contributed by atoms with Gasteiger partial charge in [0, 0.05) is 23.5 Å². The summed E-state index contributed by atoms with van der Waals surface area (Å²) in [6.45, 7) is 3.69. The van der Waals surface area contributed by atoms with Crippen molar-refractivity contribution in [3.8, 4) is 0 Å². The van der Waals surface area contributed by atoms with Gasteiger partial charge >= 0.3 is 0 Å². The lowest BCUT2D eigenvalue weighted by Gasteiger charge is -2.05. The number of halogens is 1. The number of carbonyl (C=O) groups is 1. The lowest BCUT2D eigenvalue weighted by molar-refractivity contribution is 0.102. The molecule has 0 spiro atoms. The molecule has 1 amide bonds. The van der Waals surface area contributed by atoms with Gasteiger partial charge in [-0.3, -0.25) is 9.48 Å². The van der Waals surface area contributed by atoms with E-state index in [4.69, 9.17) is 11.6 Å². The molecule has 2 aromatic rings. The Bertz CT molecular complexity index is 587. The van der Waals surface area contributed by atoms with Crippen molar-refractivity contribution in [3.05, 3.63) is 46.2 Å². The van der Waals surface area contributed by atoms with Crippen molar-refractivity contribution >= 4 is 23.2 Å². The molecule has 1 aromatic carbocycles. The van der Waals surface area contributed by atoms with Crippen molar-refractivity contribution in [2.24, 2.45) is 7.05 Å². The molecule has 0 radical (unpaired) electrons. The molecule has 1 aromatic heterocycles. The largest absolute Gasteiger partial charge is 0.322 e. The van der Waals surface area contributed by atoms with E-state index in [1.54, 1.807) is 28.9 Å². The summed E-state index contributed by atoms with van der Waals surface area (Å²) in [6, 6.07) is 7.00. The summed E-state index contributed by atoms with van der Waals surface area (Å²) < 4.78 is 1.70. The van der Waals surface area contributed by atoms with E-state index in [2.05, 4.69) is 10.4 Å². The summed E-state index contributed by atoms with van der Waals surface area (Å²) in [5.41, 5.74) is 2.90. The van der Waals surface area contributed by atoms with E-state index in [9.17, 15) is 4.79 Å². The summed E-state index contributed by atoms with van der Waals surface area (Å²) in [5, 5.41) is 7.69. The number of carbonyl (C=O) groups excluding carboxylic acids is 1. The van der Waals surface area contributed by atoms with E-state index < -0.39 is 0 Å². The summed E-state index contributed by atoms with van der Waals surface area (Å²) in [7, 11) is 1.82. The highest BCUT2D eigenvalue weighted by Gasteiger charge is 2.17. The third-order valence-corrected chi connectivity index (χ3v) is 3.09. The van der Waals surface area contributed by atoms with Gasteiger partial charge in [0.05, 0.1) is 11.3 Å². The van der Waals surface area contributed by atoms with E-state index in [-0.39, 0.29) is 5.91 Å². The minimum Gasteiger partial charge on any atom is -0.322 e. The first kappa shape index (κ1) is 12.6.